The van der Waals surface area contributed by atoms with Gasteiger partial charge in [-0.25, -0.2) is 24.7 Å². The highest BCUT2D eigenvalue weighted by atomic mass is 32.1. The number of carbonyl (C=O) groups excluding carboxylic acids is 1. The second-order valence-electron chi connectivity index (χ2n) is 6.98. The van der Waals surface area contributed by atoms with Gasteiger partial charge in [0, 0.05) is 38.7 Å². The fraction of sp³-hybridized carbons (Fsp3) is 0.450. The third-order valence-corrected chi connectivity index (χ3v) is 5.86. The van der Waals surface area contributed by atoms with Gasteiger partial charge in [-0.05, 0) is 13.0 Å². The Labute approximate surface area is 184 Å². The smallest absolute Gasteiger partial charge is 0.321 e. The third-order valence-electron chi connectivity index (χ3n) is 4.76. The number of aryl methyl sites for hydroxylation is 2. The number of ether oxygens (including phenoxy) is 1. The van der Waals surface area contributed by atoms with Crippen LogP contribution in [0, 0.1) is 6.92 Å². The van der Waals surface area contributed by atoms with Crippen molar-refractivity contribution >= 4 is 28.4 Å². The van der Waals surface area contributed by atoms with Crippen LogP contribution < -0.4 is 15.5 Å². The lowest BCUT2D eigenvalue weighted by Crippen LogP contribution is -2.37. The molecule has 2 amide bonds. The Bertz CT molecular complexity index is 1030. The molecule has 10 nitrogen and oxygen atoms in total. The molecule has 0 saturated carbocycles. The maximum Gasteiger partial charge on any atom is 0.321 e. The summed E-state index contributed by atoms with van der Waals surface area (Å²) in [6, 6.07) is 1.54. The first-order valence-electron chi connectivity index (χ1n) is 10.2. The Morgan fingerprint density at radius 3 is 2.87 bits per heavy atom. The summed E-state index contributed by atoms with van der Waals surface area (Å²) in [5, 5.41) is 6.10. The number of hydrogen-bond acceptors (Lipinski definition) is 9. The highest BCUT2D eigenvalue weighted by Crippen LogP contribution is 2.32. The molecule has 0 unspecified atom stereocenters. The summed E-state index contributed by atoms with van der Waals surface area (Å²) in [4.78, 5) is 33.0. The molecule has 0 aliphatic carbocycles. The molecule has 3 aromatic heterocycles. The van der Waals surface area contributed by atoms with Crippen molar-refractivity contribution in [2.45, 2.75) is 26.7 Å². The molecule has 1 aliphatic rings. The molecule has 4 rings (SSSR count). The highest BCUT2D eigenvalue weighted by Gasteiger charge is 2.17. The number of thiazole rings is 1. The quantitative estimate of drug-likeness (QED) is 0.572. The summed E-state index contributed by atoms with van der Waals surface area (Å²) in [7, 11) is 0. The lowest BCUT2D eigenvalue weighted by atomic mass is 10.3. The Kier molecular flexibility index (Phi) is 6.73. The Morgan fingerprint density at radius 1 is 1.26 bits per heavy atom. The lowest BCUT2D eigenvalue weighted by Gasteiger charge is -2.26. The van der Waals surface area contributed by atoms with Gasteiger partial charge in [-0.15, -0.1) is 0 Å². The predicted octanol–water partition coefficient (Wildman–Crippen LogP) is 2.66. The minimum atomic E-state index is -0.320. The minimum Gasteiger partial charge on any atom is -0.446 e. The fourth-order valence-corrected chi connectivity index (χ4v) is 4.06. The van der Waals surface area contributed by atoms with E-state index in [4.69, 9.17) is 14.1 Å². The van der Waals surface area contributed by atoms with E-state index < -0.39 is 0 Å². The van der Waals surface area contributed by atoms with E-state index in [1.165, 1.54) is 11.3 Å². The minimum absolute atomic E-state index is 0.320. The van der Waals surface area contributed by atoms with Crippen LogP contribution in [0.2, 0.25) is 0 Å². The van der Waals surface area contributed by atoms with Gasteiger partial charge >= 0.3 is 6.03 Å². The number of amides is 2. The van der Waals surface area contributed by atoms with Crippen LogP contribution in [0.5, 0.6) is 0 Å². The van der Waals surface area contributed by atoms with E-state index in [9.17, 15) is 4.79 Å². The fourth-order valence-electron chi connectivity index (χ4n) is 3.13. The second-order valence-corrected chi connectivity index (χ2v) is 7.98. The van der Waals surface area contributed by atoms with E-state index in [-0.39, 0.29) is 6.03 Å². The van der Waals surface area contributed by atoms with Crippen molar-refractivity contribution in [3.8, 4) is 10.6 Å². The molecule has 0 radical (unpaired) electrons. The monoisotopic (exact) mass is 443 g/mol. The van der Waals surface area contributed by atoms with Gasteiger partial charge in [-0.1, -0.05) is 18.3 Å². The van der Waals surface area contributed by atoms with Crippen LogP contribution in [-0.4, -0.2) is 58.8 Å². The van der Waals surface area contributed by atoms with E-state index in [2.05, 4.69) is 30.5 Å². The van der Waals surface area contributed by atoms with Crippen molar-refractivity contribution in [1.29, 1.82) is 0 Å². The summed E-state index contributed by atoms with van der Waals surface area (Å²) in [5.74, 6) is 2.13. The van der Waals surface area contributed by atoms with E-state index in [0.717, 1.165) is 41.5 Å². The molecular formula is C20H25N7O3S. The number of aromatic nitrogens is 4. The Balaban J connectivity index is 1.35. The van der Waals surface area contributed by atoms with E-state index in [1.807, 2.05) is 19.9 Å². The zero-order valence-electron chi connectivity index (χ0n) is 17.6. The predicted molar refractivity (Wildman–Crippen MR) is 118 cm³/mol. The van der Waals surface area contributed by atoms with Crippen LogP contribution >= 0.6 is 11.3 Å². The molecule has 3 aromatic rings. The number of nitrogens with zero attached hydrogens (tertiary/aromatic N) is 5. The number of urea groups is 1. The van der Waals surface area contributed by atoms with Crippen LogP contribution in [-0.2, 0) is 17.6 Å². The molecule has 1 aliphatic heterocycles. The SMILES string of the molecule is CCc1cnc(CCNC(=O)Nc2nc(C)c(-c3ccnc(N4CCOCC4)n3)s2)o1. The summed E-state index contributed by atoms with van der Waals surface area (Å²) in [5.41, 5.74) is 1.59. The first-order chi connectivity index (χ1) is 15.1. The first-order valence-corrected chi connectivity index (χ1v) is 11.1. The van der Waals surface area contributed by atoms with Crippen molar-refractivity contribution < 1.29 is 13.9 Å². The van der Waals surface area contributed by atoms with Crippen LogP contribution in [0.15, 0.2) is 22.9 Å². The molecule has 0 bridgehead atoms. The van der Waals surface area contributed by atoms with Crippen LogP contribution in [0.1, 0.15) is 24.3 Å². The maximum atomic E-state index is 12.2. The van der Waals surface area contributed by atoms with Crippen LogP contribution in [0.3, 0.4) is 0 Å². The molecular weight excluding hydrogens is 418 g/mol. The largest absolute Gasteiger partial charge is 0.446 e. The molecule has 31 heavy (non-hydrogen) atoms. The average Bonchev–Trinajstić information content (AvgIpc) is 3.40. The van der Waals surface area contributed by atoms with Crippen molar-refractivity contribution in [1.82, 2.24) is 25.3 Å². The highest BCUT2D eigenvalue weighted by molar-refractivity contribution is 7.19. The van der Waals surface area contributed by atoms with Crippen LogP contribution in [0.4, 0.5) is 15.9 Å². The van der Waals surface area contributed by atoms with Crippen molar-refractivity contribution in [2.24, 2.45) is 0 Å². The molecule has 0 spiro atoms. The van der Waals surface area contributed by atoms with Gasteiger partial charge in [0.25, 0.3) is 0 Å². The molecule has 164 valence electrons. The normalized spacial score (nSPS) is 13.9. The standard InChI is InChI=1S/C20H25N7O3S/c1-3-14-12-23-16(30-14)5-7-22-19(28)26-20-24-13(2)17(31-20)15-4-6-21-18(25-15)27-8-10-29-11-9-27/h4,6,12H,3,5,7-11H2,1-2H3,(H2,22,24,26,28). The van der Waals surface area contributed by atoms with Gasteiger partial charge in [0.2, 0.25) is 5.95 Å². The second kappa shape index (κ2) is 9.84. The number of hydrogen-bond donors (Lipinski definition) is 2. The molecule has 2 N–H and O–H groups in total. The molecule has 0 atom stereocenters. The number of oxazole rings is 1. The Morgan fingerprint density at radius 2 is 2.10 bits per heavy atom. The summed E-state index contributed by atoms with van der Waals surface area (Å²) in [6.45, 7) is 7.21. The van der Waals surface area contributed by atoms with Crippen molar-refractivity contribution in [3.63, 3.8) is 0 Å². The maximum absolute atomic E-state index is 12.2. The van der Waals surface area contributed by atoms with Gasteiger partial charge in [0.1, 0.15) is 5.76 Å². The van der Waals surface area contributed by atoms with Crippen molar-refractivity contribution in [2.75, 3.05) is 43.1 Å². The number of anilines is 2. The molecule has 4 heterocycles. The number of morpholine rings is 1. The number of nitrogens with one attached hydrogen (secondary N) is 2. The molecule has 1 fully saturated rings. The van der Waals surface area contributed by atoms with Gasteiger partial charge in [0.15, 0.2) is 11.0 Å². The summed E-state index contributed by atoms with van der Waals surface area (Å²) in [6.07, 6.45) is 4.79. The average molecular weight is 444 g/mol. The summed E-state index contributed by atoms with van der Waals surface area (Å²) >= 11 is 1.39. The summed E-state index contributed by atoms with van der Waals surface area (Å²) < 4.78 is 10.9. The van der Waals surface area contributed by atoms with E-state index >= 15 is 0 Å². The molecule has 11 heteroatoms. The number of carbonyl (C=O) groups is 1. The van der Waals surface area contributed by atoms with Gasteiger partial charge in [-0.3, -0.25) is 5.32 Å². The zero-order valence-corrected chi connectivity index (χ0v) is 18.4. The van der Waals surface area contributed by atoms with Crippen LogP contribution in [0.25, 0.3) is 10.6 Å². The van der Waals surface area contributed by atoms with Gasteiger partial charge in [-0.2, -0.15) is 0 Å². The molecule has 0 aromatic carbocycles. The number of rotatable bonds is 7. The van der Waals surface area contributed by atoms with Crippen molar-refractivity contribution in [3.05, 3.63) is 35.8 Å². The lowest BCUT2D eigenvalue weighted by molar-refractivity contribution is 0.122. The topological polar surface area (TPSA) is 118 Å². The molecule has 1 saturated heterocycles. The Hall–Kier alpha value is -3.05. The van der Waals surface area contributed by atoms with Gasteiger partial charge in [0.05, 0.1) is 35.7 Å². The van der Waals surface area contributed by atoms with Gasteiger partial charge < -0.3 is 19.4 Å². The van der Waals surface area contributed by atoms with E-state index in [1.54, 1.807) is 12.4 Å². The van der Waals surface area contributed by atoms with E-state index in [0.29, 0.717) is 43.1 Å². The first kappa shape index (κ1) is 21.2. The third kappa shape index (κ3) is 5.36. The zero-order chi connectivity index (χ0) is 21.6.